The lowest BCUT2D eigenvalue weighted by Gasteiger charge is -1.92. The highest BCUT2D eigenvalue weighted by Crippen LogP contribution is 2.11. The molecule has 0 atom stereocenters. The number of nitrogens with two attached hydrogens (primary N) is 1. The van der Waals surface area contributed by atoms with Gasteiger partial charge in [0.1, 0.15) is 5.03 Å². The first kappa shape index (κ1) is 11.7. The number of halogens is 2. The Morgan fingerprint density at radius 1 is 1.46 bits per heavy atom. The van der Waals surface area contributed by atoms with Gasteiger partial charge in [-0.15, -0.1) is 0 Å². The smallest absolute Gasteiger partial charge is 0.348 e. The van der Waals surface area contributed by atoms with Gasteiger partial charge in [-0.2, -0.15) is 5.10 Å². The molecule has 2 amide bonds. The van der Waals surface area contributed by atoms with E-state index in [1.165, 1.54) is 0 Å². The monoisotopic (exact) mass is 225 g/mol. The van der Waals surface area contributed by atoms with Crippen LogP contribution in [0.4, 0.5) is 4.79 Å². The zero-order valence-corrected chi connectivity index (χ0v) is 7.63. The number of rotatable bonds is 3. The van der Waals surface area contributed by atoms with Gasteiger partial charge in [0.15, 0.2) is 0 Å². The minimum Gasteiger partial charge on any atom is -0.477 e. The molecule has 4 N–H and O–H groups in total. The molecule has 8 heteroatoms. The topological polar surface area (TPSA) is 105 Å². The van der Waals surface area contributed by atoms with Crippen LogP contribution in [0.15, 0.2) is 15.2 Å². The number of hydrogen-bond donors (Lipinski definition) is 3. The third-order valence-corrected chi connectivity index (χ3v) is 1.50. The molecule has 0 aliphatic carbocycles. The molecule has 0 saturated heterocycles. The van der Waals surface area contributed by atoms with Crippen LogP contribution in [0, 0.1) is 0 Å². The number of urea groups is 1. The van der Waals surface area contributed by atoms with Crippen LogP contribution in [0.5, 0.6) is 0 Å². The molecule has 0 aliphatic heterocycles. The van der Waals surface area contributed by atoms with Crippen molar-refractivity contribution in [3.05, 3.63) is 10.1 Å². The molecule has 0 saturated carbocycles. The van der Waals surface area contributed by atoms with Crippen LogP contribution < -0.4 is 11.2 Å². The largest absolute Gasteiger partial charge is 0.477 e. The maximum Gasteiger partial charge on any atom is 0.348 e. The predicted octanol–water partition coefficient (Wildman–Crippen LogP) is 0.414. The van der Waals surface area contributed by atoms with Crippen LogP contribution in [-0.2, 0) is 4.79 Å². The van der Waals surface area contributed by atoms with E-state index in [0.29, 0.717) is 0 Å². The quantitative estimate of drug-likeness (QED) is 0.368. The van der Waals surface area contributed by atoms with Crippen molar-refractivity contribution in [2.45, 2.75) is 0 Å². The fraction of sp³-hybridized carbons (Fsp3) is 0. The van der Waals surface area contributed by atoms with Gasteiger partial charge in [0.05, 0.1) is 11.2 Å². The maximum atomic E-state index is 10.2. The number of hydrazone groups is 1. The van der Waals surface area contributed by atoms with Crippen molar-refractivity contribution in [1.29, 1.82) is 0 Å². The maximum absolute atomic E-state index is 10.2. The molecule has 0 aliphatic rings. The molecule has 0 unspecified atom stereocenters. The van der Waals surface area contributed by atoms with Gasteiger partial charge in [0, 0.05) is 0 Å². The lowest BCUT2D eigenvalue weighted by molar-refractivity contribution is -0.131. The van der Waals surface area contributed by atoms with Crippen LogP contribution in [0.1, 0.15) is 0 Å². The van der Waals surface area contributed by atoms with Crippen LogP contribution in [0.25, 0.3) is 0 Å². The van der Waals surface area contributed by atoms with Crippen LogP contribution in [0.2, 0.25) is 0 Å². The first-order valence-corrected chi connectivity index (χ1v) is 3.57. The molecule has 0 aromatic rings. The summed E-state index contributed by atoms with van der Waals surface area (Å²) in [5.74, 6) is -1.39. The third-order valence-electron chi connectivity index (χ3n) is 0.750. The zero-order chi connectivity index (χ0) is 10.4. The molecule has 0 rings (SSSR count). The minimum atomic E-state index is -1.39. The molecule has 72 valence electrons. The lowest BCUT2D eigenvalue weighted by Crippen LogP contribution is -2.24. The van der Waals surface area contributed by atoms with E-state index < -0.39 is 17.0 Å². The molecule has 0 aromatic carbocycles. The molecule has 0 heterocycles. The number of carbonyl (C=O) groups is 2. The summed E-state index contributed by atoms with van der Waals surface area (Å²) in [6.45, 7) is 0. The zero-order valence-electron chi connectivity index (χ0n) is 6.12. The van der Waals surface area contributed by atoms with E-state index in [9.17, 15) is 9.59 Å². The Kier molecular flexibility index (Phi) is 4.86. The van der Waals surface area contributed by atoms with E-state index in [4.69, 9.17) is 28.3 Å². The molecule has 0 bridgehead atoms. The standard InChI is InChI=1S/C5H5Cl2N3O3/c6-2(3(7)4(11)12)1-9-10-5(8)13/h1H,(H,11,12)(H3,8,10,13)/b3-2+,9-1+. The molecule has 6 nitrogen and oxygen atoms in total. The second kappa shape index (κ2) is 5.39. The third kappa shape index (κ3) is 5.05. The van der Waals surface area contributed by atoms with E-state index in [-0.39, 0.29) is 5.03 Å². The van der Waals surface area contributed by atoms with Gasteiger partial charge in [0.2, 0.25) is 0 Å². The van der Waals surface area contributed by atoms with E-state index in [0.717, 1.165) is 6.21 Å². The Bertz CT molecular complexity index is 287. The van der Waals surface area contributed by atoms with E-state index in [1.54, 1.807) is 0 Å². The predicted molar refractivity (Wildman–Crippen MR) is 47.6 cm³/mol. The normalized spacial score (nSPS) is 12.5. The lowest BCUT2D eigenvalue weighted by atomic mass is 10.5. The summed E-state index contributed by atoms with van der Waals surface area (Å²) >= 11 is 10.5. The Balaban J connectivity index is 4.36. The van der Waals surface area contributed by atoms with Crippen LogP contribution in [-0.4, -0.2) is 23.3 Å². The summed E-state index contributed by atoms with van der Waals surface area (Å²) in [4.78, 5) is 20.3. The molecule has 0 spiro atoms. The first-order chi connectivity index (χ1) is 5.95. The second-order valence-corrected chi connectivity index (χ2v) is 2.49. The molecule has 0 aromatic heterocycles. The average molecular weight is 226 g/mol. The van der Waals surface area contributed by atoms with E-state index >= 15 is 0 Å². The van der Waals surface area contributed by atoms with Gasteiger partial charge in [0.25, 0.3) is 0 Å². The van der Waals surface area contributed by atoms with Crippen LogP contribution in [0.3, 0.4) is 0 Å². The summed E-state index contributed by atoms with van der Waals surface area (Å²) < 4.78 is 0. The summed E-state index contributed by atoms with van der Waals surface area (Å²) in [5.41, 5.74) is 6.45. The number of aliphatic carboxylic acids is 1. The Hall–Kier alpha value is -1.27. The van der Waals surface area contributed by atoms with Crippen molar-refractivity contribution >= 4 is 41.4 Å². The summed E-state index contributed by atoms with van der Waals surface area (Å²) in [5, 5.41) is 10.6. The average Bonchev–Trinajstić information content (AvgIpc) is 2.02. The van der Waals surface area contributed by atoms with Gasteiger partial charge in [-0.1, -0.05) is 23.2 Å². The van der Waals surface area contributed by atoms with Gasteiger partial charge in [-0.05, 0) is 0 Å². The van der Waals surface area contributed by atoms with Crippen molar-refractivity contribution in [1.82, 2.24) is 5.43 Å². The summed E-state index contributed by atoms with van der Waals surface area (Å²) in [7, 11) is 0. The van der Waals surface area contributed by atoms with Crippen molar-refractivity contribution in [3.8, 4) is 0 Å². The van der Waals surface area contributed by atoms with E-state index in [1.807, 2.05) is 5.43 Å². The van der Waals surface area contributed by atoms with Crippen molar-refractivity contribution < 1.29 is 14.7 Å². The number of primary amides is 1. The SMILES string of the molecule is NC(=O)N/N=C/C(Cl)=C(\Cl)C(=O)O. The number of carboxylic acids is 1. The number of carboxylic acid groups (broad SMARTS) is 1. The van der Waals surface area contributed by atoms with E-state index in [2.05, 4.69) is 10.8 Å². The highest BCUT2D eigenvalue weighted by Gasteiger charge is 2.07. The number of carbonyl (C=O) groups excluding carboxylic acids is 1. The Labute approximate surface area is 83.0 Å². The molecular formula is C5H5Cl2N3O3. The number of nitrogens with zero attached hydrogens (tertiary/aromatic N) is 1. The number of amides is 2. The molecule has 0 fully saturated rings. The Morgan fingerprint density at radius 3 is 2.38 bits per heavy atom. The van der Waals surface area contributed by atoms with Gasteiger partial charge >= 0.3 is 12.0 Å². The van der Waals surface area contributed by atoms with Crippen molar-refractivity contribution in [2.75, 3.05) is 0 Å². The fourth-order valence-electron chi connectivity index (χ4n) is 0.311. The van der Waals surface area contributed by atoms with Gasteiger partial charge < -0.3 is 10.8 Å². The first-order valence-electron chi connectivity index (χ1n) is 2.82. The van der Waals surface area contributed by atoms with Gasteiger partial charge in [-0.25, -0.2) is 15.0 Å². The highest BCUT2D eigenvalue weighted by molar-refractivity contribution is 6.51. The van der Waals surface area contributed by atoms with Crippen molar-refractivity contribution in [3.63, 3.8) is 0 Å². The number of allylic oxidation sites excluding steroid dienone is 1. The second-order valence-electron chi connectivity index (χ2n) is 1.70. The van der Waals surface area contributed by atoms with Crippen LogP contribution >= 0.6 is 23.2 Å². The minimum absolute atomic E-state index is 0.317. The Morgan fingerprint density at radius 2 is 2.00 bits per heavy atom. The molecular weight excluding hydrogens is 221 g/mol. The molecule has 0 radical (unpaired) electrons. The summed E-state index contributed by atoms with van der Waals surface area (Å²) in [6.07, 6.45) is 0.850. The highest BCUT2D eigenvalue weighted by atomic mass is 35.5. The fourth-order valence-corrected chi connectivity index (χ4v) is 0.490. The summed E-state index contributed by atoms with van der Waals surface area (Å²) in [6, 6.07) is -0.896. The number of nitrogens with one attached hydrogen (secondary N) is 1. The van der Waals surface area contributed by atoms with Crippen molar-refractivity contribution in [2.24, 2.45) is 10.8 Å². The van der Waals surface area contributed by atoms with Gasteiger partial charge in [-0.3, -0.25) is 0 Å². The molecule has 13 heavy (non-hydrogen) atoms. The number of hydrogen-bond acceptors (Lipinski definition) is 3.